The third-order valence-electron chi connectivity index (χ3n) is 12.0. The zero-order chi connectivity index (χ0) is 52.3. The molecule has 4 aromatic rings. The minimum Gasteiger partial charge on any atom is -0.480 e. The van der Waals surface area contributed by atoms with Gasteiger partial charge in [0.25, 0.3) is 0 Å². The van der Waals surface area contributed by atoms with Gasteiger partial charge in [-0.1, -0.05) is 107 Å². The molecule has 1 aliphatic rings. The Hall–Kier alpha value is -6.46. The molecule has 22 heteroatoms. The minimum atomic E-state index is -1.79. The maximum Gasteiger partial charge on any atom is 0.328 e. The molecule has 3 aromatic carbocycles. The molecule has 72 heavy (non-hydrogen) atoms. The largest absolute Gasteiger partial charge is 0.480 e. The van der Waals surface area contributed by atoms with E-state index < -0.39 is 108 Å². The van der Waals surface area contributed by atoms with Gasteiger partial charge in [0.2, 0.25) is 41.4 Å². The number of aromatic amines is 1. The smallest absolute Gasteiger partial charge is 0.328 e. The Morgan fingerprint density at radius 1 is 0.694 bits per heavy atom. The number of rotatable bonds is 17. The van der Waals surface area contributed by atoms with E-state index in [4.69, 9.17) is 5.73 Å². The highest BCUT2D eigenvalue weighted by Gasteiger charge is 2.37. The lowest BCUT2D eigenvalue weighted by Gasteiger charge is -2.29. The summed E-state index contributed by atoms with van der Waals surface area (Å²) in [4.78, 5) is 115. The number of nitrogens with two attached hydrogens (primary N) is 1. The van der Waals surface area contributed by atoms with Crippen LogP contribution in [0.4, 0.5) is 0 Å². The van der Waals surface area contributed by atoms with Crippen LogP contribution in [0, 0.1) is 5.92 Å². The number of amides is 7. The summed E-state index contributed by atoms with van der Waals surface area (Å²) in [5, 5.41) is 50.0. The highest BCUT2D eigenvalue weighted by molar-refractivity contribution is 8.76. The molecule has 2 heterocycles. The maximum atomic E-state index is 14.7. The van der Waals surface area contributed by atoms with Gasteiger partial charge in [-0.25, -0.2) is 4.79 Å². The number of carbonyl (C=O) groups is 8. The lowest BCUT2D eigenvalue weighted by molar-refractivity contribution is -0.145. The van der Waals surface area contributed by atoms with Crippen LogP contribution in [-0.4, -0.2) is 140 Å². The quantitative estimate of drug-likeness (QED) is 0.0509. The fraction of sp³-hybridized carbons (Fsp3) is 0.440. The van der Waals surface area contributed by atoms with Crippen LogP contribution in [0.25, 0.3) is 10.9 Å². The van der Waals surface area contributed by atoms with Gasteiger partial charge >= 0.3 is 5.97 Å². The first-order valence-corrected chi connectivity index (χ1v) is 26.2. The summed E-state index contributed by atoms with van der Waals surface area (Å²) >= 11 is 0. The first-order valence-electron chi connectivity index (χ1n) is 23.7. The second-order valence-corrected chi connectivity index (χ2v) is 20.3. The van der Waals surface area contributed by atoms with E-state index in [2.05, 4.69) is 42.2 Å². The number of carboxylic acid groups (broad SMARTS) is 1. The zero-order valence-electron chi connectivity index (χ0n) is 40.3. The van der Waals surface area contributed by atoms with Crippen molar-refractivity contribution in [3.8, 4) is 0 Å². The number of aliphatic carboxylic acids is 1. The van der Waals surface area contributed by atoms with Gasteiger partial charge in [-0.15, -0.1) is 0 Å². The Kier molecular flexibility index (Phi) is 21.9. The molecule has 0 saturated carbocycles. The van der Waals surface area contributed by atoms with Gasteiger partial charge in [0.1, 0.15) is 36.3 Å². The number of aliphatic hydroxyl groups excluding tert-OH is 2. The number of nitrogens with one attached hydrogen (secondary N) is 8. The number of para-hydroxylation sites is 1. The summed E-state index contributed by atoms with van der Waals surface area (Å²) in [5.41, 5.74) is 8.72. The van der Waals surface area contributed by atoms with E-state index in [-0.39, 0.29) is 37.3 Å². The van der Waals surface area contributed by atoms with Crippen LogP contribution in [-0.2, 0) is 57.6 Å². The molecule has 2 unspecified atom stereocenters. The van der Waals surface area contributed by atoms with Crippen molar-refractivity contribution in [3.63, 3.8) is 0 Å². The van der Waals surface area contributed by atoms with Crippen molar-refractivity contribution >= 4 is 79.8 Å². The van der Waals surface area contributed by atoms with Crippen LogP contribution in [0.2, 0.25) is 0 Å². The van der Waals surface area contributed by atoms with Crippen molar-refractivity contribution in [2.75, 3.05) is 18.1 Å². The molecule has 1 aromatic heterocycles. The molecule has 7 amide bonds. The molecule has 20 nitrogen and oxygen atoms in total. The summed E-state index contributed by atoms with van der Waals surface area (Å²) in [6.45, 7) is 4.32. The number of aromatic nitrogens is 1. The molecule has 1 aliphatic heterocycles. The number of carbonyl (C=O) groups excluding carboxylic acids is 7. The van der Waals surface area contributed by atoms with Gasteiger partial charge in [0.05, 0.1) is 12.2 Å². The van der Waals surface area contributed by atoms with E-state index in [1.54, 1.807) is 43.5 Å². The number of fused-ring (bicyclic) bond motifs is 1. The minimum absolute atomic E-state index is 0.00918. The third-order valence-corrected chi connectivity index (χ3v) is 14.4. The molecule has 0 bridgehead atoms. The first kappa shape index (κ1) is 56.5. The van der Waals surface area contributed by atoms with Crippen molar-refractivity contribution in [1.82, 2.24) is 42.2 Å². The van der Waals surface area contributed by atoms with Crippen LogP contribution >= 0.6 is 21.6 Å². The Morgan fingerprint density at radius 2 is 1.28 bits per heavy atom. The Labute approximate surface area is 425 Å². The lowest BCUT2D eigenvalue weighted by Crippen LogP contribution is -2.62. The van der Waals surface area contributed by atoms with E-state index in [9.17, 15) is 53.7 Å². The highest BCUT2D eigenvalue weighted by atomic mass is 33.1. The SMILES string of the molecule is C[C@H](Cc1ccccc1)C(=O)N[C@H]1CSSCC(C(=O)NC(C(=O)O)[C@@H](C)O)NC(=O)[C@H]([C@@H](C)O)NC(=O)[C@H](CCCCN)NC(=O)[C@@H](Cc2c[nH]c3ccccc23)NC(=O)[C@H](Cc2ccccc2)NC1=O. The Bertz CT molecular complexity index is 2480. The fourth-order valence-corrected chi connectivity index (χ4v) is 10.2. The monoisotopic (exact) mass is 1030 g/mol. The summed E-state index contributed by atoms with van der Waals surface area (Å²) in [6, 6.07) is 15.0. The Balaban J connectivity index is 1.57. The molecule has 1 saturated heterocycles. The topological polar surface area (TPSA) is 323 Å². The number of aliphatic hydroxyl groups is 2. The number of unbranched alkanes of at least 4 members (excludes halogenated alkanes) is 1. The van der Waals surface area contributed by atoms with Crippen LogP contribution < -0.4 is 43.0 Å². The summed E-state index contributed by atoms with van der Waals surface area (Å²) in [7, 11) is 1.98. The molecule has 10 atom stereocenters. The predicted octanol–water partition coefficient (Wildman–Crippen LogP) is 0.596. The summed E-state index contributed by atoms with van der Waals surface area (Å²) < 4.78 is 0. The highest BCUT2D eigenvalue weighted by Crippen LogP contribution is 2.25. The molecule has 1 fully saturated rings. The lowest BCUT2D eigenvalue weighted by atomic mass is 10.00. The summed E-state index contributed by atoms with van der Waals surface area (Å²) in [6.07, 6.45) is -0.449. The van der Waals surface area contributed by atoms with Gasteiger partial charge < -0.3 is 63.3 Å². The van der Waals surface area contributed by atoms with Crippen molar-refractivity contribution in [2.24, 2.45) is 11.7 Å². The molecule has 13 N–H and O–H groups in total. The van der Waals surface area contributed by atoms with Crippen molar-refractivity contribution in [1.29, 1.82) is 0 Å². The number of carboxylic acids is 1. The molecular weight excluding hydrogens is 967 g/mol. The summed E-state index contributed by atoms with van der Waals surface area (Å²) in [5.74, 6) is -8.41. The van der Waals surface area contributed by atoms with Crippen molar-refractivity contribution in [3.05, 3.63) is 108 Å². The number of hydrogen-bond acceptors (Lipinski definition) is 13. The van der Waals surface area contributed by atoms with Crippen LogP contribution in [0.1, 0.15) is 56.7 Å². The molecule has 0 aliphatic carbocycles. The molecule has 5 rings (SSSR count). The first-order chi connectivity index (χ1) is 34.4. The maximum absolute atomic E-state index is 14.7. The standard InChI is InChI=1S/C50H65N9O11S2/c1-28(22-31-14-6-4-7-15-31)43(62)56-39-26-71-72-27-40(48(67)59-42(30(3)61)50(69)70)57-49(68)41(29(2)60)58-44(63)36(20-12-13-21-51)53-46(65)38(24-33-25-52-35-19-11-10-18-34(33)35)55-45(64)37(54-47(39)66)23-32-16-8-5-9-17-32/h4-11,14-19,25,28-30,36-42,52,60-61H,12-13,20-24,26-27,51H2,1-3H3,(H,53,65)(H,54,66)(H,55,64)(H,56,62)(H,57,68)(H,58,63)(H,59,67)(H,69,70)/t28-,29-,30-,36+,37+,38-,39+,40?,41+,42?/m1/s1. The Morgan fingerprint density at radius 3 is 1.92 bits per heavy atom. The van der Waals surface area contributed by atoms with Crippen LogP contribution in [0.3, 0.4) is 0 Å². The molecular formula is C50H65N9O11S2. The zero-order valence-corrected chi connectivity index (χ0v) is 41.9. The van der Waals surface area contributed by atoms with E-state index in [1.807, 2.05) is 54.6 Å². The average Bonchev–Trinajstić information content (AvgIpc) is 3.76. The number of H-pyrrole nitrogens is 1. The third kappa shape index (κ3) is 16.8. The van der Waals surface area contributed by atoms with E-state index in [1.165, 1.54) is 6.92 Å². The van der Waals surface area contributed by atoms with Gasteiger partial charge in [0, 0.05) is 47.4 Å². The van der Waals surface area contributed by atoms with E-state index in [0.717, 1.165) is 45.0 Å². The predicted molar refractivity (Wildman–Crippen MR) is 274 cm³/mol. The second-order valence-electron chi connectivity index (χ2n) is 17.8. The van der Waals surface area contributed by atoms with Crippen LogP contribution in [0.5, 0.6) is 0 Å². The van der Waals surface area contributed by atoms with E-state index >= 15 is 0 Å². The van der Waals surface area contributed by atoms with Crippen molar-refractivity contribution < 1.29 is 53.7 Å². The average molecular weight is 1030 g/mol. The van der Waals surface area contributed by atoms with Gasteiger partial charge in [-0.2, -0.15) is 0 Å². The molecule has 0 spiro atoms. The van der Waals surface area contributed by atoms with Crippen molar-refractivity contribution in [2.45, 2.75) is 114 Å². The fourth-order valence-electron chi connectivity index (χ4n) is 7.90. The van der Waals surface area contributed by atoms with Gasteiger partial charge in [-0.05, 0) is 68.8 Å². The van der Waals surface area contributed by atoms with Crippen LogP contribution in [0.15, 0.2) is 91.1 Å². The normalized spacial score (nSPS) is 22.6. The number of hydrogen-bond donors (Lipinski definition) is 12. The van der Waals surface area contributed by atoms with Gasteiger partial charge in [-0.3, -0.25) is 33.6 Å². The van der Waals surface area contributed by atoms with E-state index in [0.29, 0.717) is 30.4 Å². The second kappa shape index (κ2) is 28.0. The molecule has 388 valence electrons. The molecule has 0 radical (unpaired) electrons. The van der Waals surface area contributed by atoms with Gasteiger partial charge in [0.15, 0.2) is 6.04 Å². The number of benzene rings is 3.